The first-order valence-corrected chi connectivity index (χ1v) is 11.9. The van der Waals surface area contributed by atoms with Crippen molar-refractivity contribution in [2.24, 2.45) is 4.99 Å². The van der Waals surface area contributed by atoms with Crippen molar-refractivity contribution < 1.29 is 9.53 Å². The second kappa shape index (κ2) is 10.5. The standard InChI is InChI=1S/C28H28N6O2/c1-34(2)13-12-30-26(35)18-36-23-7-5-6-19(15-23)27-32-25-9-4-3-8-24(25)28(33-27)31-22-11-10-20-16-29-17-21(20)14-22/h3-11,14-15,17H,12-13,16,18H2,1-2H3,(H,30,35)(H,31,32,33). The van der Waals surface area contributed by atoms with Crippen LogP contribution in [0.1, 0.15) is 11.1 Å². The zero-order valence-corrected chi connectivity index (χ0v) is 20.4. The monoisotopic (exact) mass is 480 g/mol. The first-order chi connectivity index (χ1) is 17.5. The number of aromatic nitrogens is 2. The third-order valence-electron chi connectivity index (χ3n) is 5.85. The smallest absolute Gasteiger partial charge is 0.257 e. The van der Waals surface area contributed by atoms with Crippen LogP contribution in [0.25, 0.3) is 22.3 Å². The lowest BCUT2D eigenvalue weighted by atomic mass is 10.1. The number of para-hydroxylation sites is 1. The lowest BCUT2D eigenvalue weighted by Crippen LogP contribution is -2.34. The van der Waals surface area contributed by atoms with Gasteiger partial charge in [-0.2, -0.15) is 0 Å². The van der Waals surface area contributed by atoms with E-state index >= 15 is 0 Å². The predicted octanol–water partition coefficient (Wildman–Crippen LogP) is 4.03. The fraction of sp³-hybridized carbons (Fsp3) is 0.214. The molecule has 0 fully saturated rings. The molecule has 8 heteroatoms. The van der Waals surface area contributed by atoms with Crippen molar-refractivity contribution in [2.75, 3.05) is 39.1 Å². The molecule has 4 aromatic rings. The maximum atomic E-state index is 12.1. The lowest BCUT2D eigenvalue weighted by molar-refractivity contribution is -0.123. The van der Waals surface area contributed by atoms with Crippen LogP contribution >= 0.6 is 0 Å². The summed E-state index contributed by atoms with van der Waals surface area (Å²) in [6.07, 6.45) is 1.90. The van der Waals surface area contributed by atoms with E-state index in [1.54, 1.807) is 0 Å². The number of carbonyl (C=O) groups excluding carboxylic acids is 1. The zero-order chi connectivity index (χ0) is 24.9. The van der Waals surface area contributed by atoms with Crippen LogP contribution in [0.4, 0.5) is 11.5 Å². The molecule has 0 spiro atoms. The highest BCUT2D eigenvalue weighted by molar-refractivity contribution is 5.93. The molecular formula is C28H28N6O2. The van der Waals surface area contributed by atoms with E-state index in [1.807, 2.05) is 79.8 Å². The van der Waals surface area contributed by atoms with Crippen molar-refractivity contribution in [1.29, 1.82) is 0 Å². The molecular weight excluding hydrogens is 452 g/mol. The number of nitrogens with one attached hydrogen (secondary N) is 2. The topological polar surface area (TPSA) is 91.7 Å². The number of hydrogen-bond donors (Lipinski definition) is 2. The Morgan fingerprint density at radius 1 is 1.03 bits per heavy atom. The maximum Gasteiger partial charge on any atom is 0.257 e. The second-order valence-corrected chi connectivity index (χ2v) is 8.89. The van der Waals surface area contributed by atoms with Gasteiger partial charge in [0.25, 0.3) is 5.91 Å². The molecule has 0 saturated heterocycles. The Bertz CT molecular complexity index is 1430. The Balaban J connectivity index is 1.37. The van der Waals surface area contributed by atoms with Gasteiger partial charge in [0.05, 0.1) is 12.1 Å². The molecule has 8 nitrogen and oxygen atoms in total. The van der Waals surface area contributed by atoms with E-state index < -0.39 is 0 Å². The van der Waals surface area contributed by atoms with Gasteiger partial charge in [-0.3, -0.25) is 9.79 Å². The third kappa shape index (κ3) is 5.50. The minimum atomic E-state index is -0.157. The number of anilines is 2. The Kier molecular flexibility index (Phi) is 6.86. The number of hydrogen-bond acceptors (Lipinski definition) is 7. The number of aliphatic imine (C=N–C) groups is 1. The highest BCUT2D eigenvalue weighted by Gasteiger charge is 2.13. The normalized spacial score (nSPS) is 12.1. The Morgan fingerprint density at radius 3 is 2.81 bits per heavy atom. The molecule has 2 N–H and O–H groups in total. The van der Waals surface area contributed by atoms with Gasteiger partial charge in [-0.1, -0.05) is 30.3 Å². The van der Waals surface area contributed by atoms with Gasteiger partial charge in [-0.05, 0) is 61.6 Å². The summed E-state index contributed by atoms with van der Waals surface area (Å²) >= 11 is 0. The van der Waals surface area contributed by atoms with Crippen LogP contribution < -0.4 is 15.4 Å². The minimum absolute atomic E-state index is 0.0517. The van der Waals surface area contributed by atoms with Gasteiger partial charge in [0.1, 0.15) is 11.6 Å². The summed E-state index contributed by atoms with van der Waals surface area (Å²) in [5.74, 6) is 1.71. The number of amides is 1. The molecule has 5 rings (SSSR count). The average Bonchev–Trinajstić information content (AvgIpc) is 3.35. The molecule has 182 valence electrons. The largest absolute Gasteiger partial charge is 0.484 e. The molecule has 36 heavy (non-hydrogen) atoms. The van der Waals surface area contributed by atoms with E-state index in [4.69, 9.17) is 14.7 Å². The molecule has 0 saturated carbocycles. The third-order valence-corrected chi connectivity index (χ3v) is 5.85. The number of nitrogens with zero attached hydrogens (tertiary/aromatic N) is 4. The molecule has 0 atom stereocenters. The summed E-state index contributed by atoms with van der Waals surface area (Å²) in [5, 5.41) is 7.25. The van der Waals surface area contributed by atoms with E-state index in [9.17, 15) is 4.79 Å². The average molecular weight is 481 g/mol. The van der Waals surface area contributed by atoms with Crippen LogP contribution in [0.2, 0.25) is 0 Å². The van der Waals surface area contributed by atoms with E-state index in [1.165, 1.54) is 5.56 Å². The summed E-state index contributed by atoms with van der Waals surface area (Å²) in [6, 6.07) is 21.6. The van der Waals surface area contributed by atoms with E-state index in [0.29, 0.717) is 18.1 Å². The fourth-order valence-corrected chi connectivity index (χ4v) is 3.96. The second-order valence-electron chi connectivity index (χ2n) is 8.89. The fourth-order valence-electron chi connectivity index (χ4n) is 3.96. The van der Waals surface area contributed by atoms with Gasteiger partial charge in [0.2, 0.25) is 0 Å². The van der Waals surface area contributed by atoms with Gasteiger partial charge in [0, 0.05) is 35.9 Å². The summed E-state index contributed by atoms with van der Waals surface area (Å²) in [7, 11) is 3.93. The van der Waals surface area contributed by atoms with Crippen molar-refractivity contribution in [3.8, 4) is 17.1 Å². The van der Waals surface area contributed by atoms with E-state index in [2.05, 4.69) is 27.8 Å². The summed E-state index contributed by atoms with van der Waals surface area (Å²) in [4.78, 5) is 28.1. The lowest BCUT2D eigenvalue weighted by Gasteiger charge is -2.13. The quantitative estimate of drug-likeness (QED) is 0.376. The molecule has 1 aromatic heterocycles. The molecule has 1 aliphatic heterocycles. The van der Waals surface area contributed by atoms with Crippen LogP contribution in [-0.2, 0) is 11.3 Å². The SMILES string of the molecule is CN(C)CCNC(=O)COc1cccc(-c2nc(Nc3ccc4c(c3)C=NC4)c3ccccc3n2)c1. The van der Waals surface area contributed by atoms with E-state index in [-0.39, 0.29) is 12.5 Å². The van der Waals surface area contributed by atoms with Crippen LogP contribution in [0.15, 0.2) is 71.7 Å². The van der Waals surface area contributed by atoms with Gasteiger partial charge < -0.3 is 20.3 Å². The number of carbonyl (C=O) groups is 1. The zero-order valence-electron chi connectivity index (χ0n) is 20.4. The molecule has 1 aliphatic rings. The van der Waals surface area contributed by atoms with Crippen molar-refractivity contribution >= 4 is 34.5 Å². The van der Waals surface area contributed by atoms with Crippen LogP contribution in [0.3, 0.4) is 0 Å². The molecule has 1 amide bonds. The Hall–Kier alpha value is -4.30. The number of ether oxygens (including phenoxy) is 1. The van der Waals surface area contributed by atoms with Crippen LogP contribution in [0, 0.1) is 0 Å². The molecule has 2 heterocycles. The van der Waals surface area contributed by atoms with Gasteiger partial charge in [-0.15, -0.1) is 0 Å². The van der Waals surface area contributed by atoms with Gasteiger partial charge in [0.15, 0.2) is 12.4 Å². The molecule has 0 bridgehead atoms. The highest BCUT2D eigenvalue weighted by atomic mass is 16.5. The number of fused-ring (bicyclic) bond motifs is 2. The predicted molar refractivity (Wildman–Crippen MR) is 143 cm³/mol. The summed E-state index contributed by atoms with van der Waals surface area (Å²) in [5.41, 5.74) is 4.91. The van der Waals surface area contributed by atoms with Crippen molar-refractivity contribution in [3.05, 3.63) is 77.9 Å². The Morgan fingerprint density at radius 2 is 1.92 bits per heavy atom. The molecule has 0 aliphatic carbocycles. The van der Waals surface area contributed by atoms with Gasteiger partial charge in [-0.25, -0.2) is 9.97 Å². The molecule has 0 radical (unpaired) electrons. The van der Waals surface area contributed by atoms with Crippen molar-refractivity contribution in [3.63, 3.8) is 0 Å². The molecule has 0 unspecified atom stereocenters. The number of rotatable bonds is 9. The van der Waals surface area contributed by atoms with Gasteiger partial charge >= 0.3 is 0 Å². The maximum absolute atomic E-state index is 12.1. The first-order valence-electron chi connectivity index (χ1n) is 11.9. The van der Waals surface area contributed by atoms with Crippen LogP contribution in [-0.4, -0.2) is 60.8 Å². The summed E-state index contributed by atoms with van der Waals surface area (Å²) in [6.45, 7) is 2.03. The number of benzene rings is 3. The number of likely N-dealkylation sites (N-methyl/N-ethyl adjacent to an activating group) is 1. The van der Waals surface area contributed by atoms with E-state index in [0.717, 1.165) is 46.6 Å². The first kappa shape index (κ1) is 23.4. The van der Waals surface area contributed by atoms with Crippen LogP contribution in [0.5, 0.6) is 5.75 Å². The molecule has 3 aromatic carbocycles. The summed E-state index contributed by atoms with van der Waals surface area (Å²) < 4.78 is 5.73. The van der Waals surface area contributed by atoms with Crippen molar-refractivity contribution in [2.45, 2.75) is 6.54 Å². The van der Waals surface area contributed by atoms with Crippen molar-refractivity contribution in [1.82, 2.24) is 20.2 Å². The highest BCUT2D eigenvalue weighted by Crippen LogP contribution is 2.29. The minimum Gasteiger partial charge on any atom is -0.484 e. The Labute approximate surface area is 210 Å².